The van der Waals surface area contributed by atoms with Gasteiger partial charge in [0.05, 0.1) is 0 Å². The summed E-state index contributed by atoms with van der Waals surface area (Å²) in [5.41, 5.74) is 0. The molecule has 0 radical (unpaired) electrons. The molecule has 0 aromatic rings. The van der Waals surface area contributed by atoms with Gasteiger partial charge >= 0.3 is 0 Å². The molecule has 1 N–H and O–H groups in total. The first kappa shape index (κ1) is 9.21. The number of hydrogen-bond donors (Lipinski definition) is 1. The number of piperidine rings is 1. The van der Waals surface area contributed by atoms with E-state index in [1.807, 2.05) is 0 Å². The minimum atomic E-state index is 1.04. The number of fused-ring (bicyclic) bond motifs is 3. The molecule has 2 aliphatic carbocycles. The molecule has 3 fully saturated rings. The van der Waals surface area contributed by atoms with Crippen LogP contribution >= 0.6 is 0 Å². The van der Waals surface area contributed by atoms with E-state index in [0.29, 0.717) is 0 Å². The summed E-state index contributed by atoms with van der Waals surface area (Å²) in [6, 6.07) is 0. The second-order valence-corrected chi connectivity index (χ2v) is 5.70. The molecular formula is C13H23N. The number of rotatable bonds is 0. The van der Waals surface area contributed by atoms with Crippen molar-refractivity contribution in [1.29, 1.82) is 0 Å². The molecule has 1 aliphatic heterocycles. The second-order valence-electron chi connectivity index (χ2n) is 5.70. The first-order chi connectivity index (χ1) is 6.95. The Bertz CT molecular complexity index is 179. The maximum absolute atomic E-state index is 3.58. The molecular weight excluding hydrogens is 170 g/mol. The Hall–Kier alpha value is -0.0400. The summed E-state index contributed by atoms with van der Waals surface area (Å²) in [5, 5.41) is 3.58. The van der Waals surface area contributed by atoms with Crippen LogP contribution < -0.4 is 5.32 Å². The summed E-state index contributed by atoms with van der Waals surface area (Å²) >= 11 is 0. The highest BCUT2D eigenvalue weighted by Gasteiger charge is 2.40. The van der Waals surface area contributed by atoms with Crippen LogP contribution in [-0.4, -0.2) is 13.1 Å². The fourth-order valence-corrected chi connectivity index (χ4v) is 4.41. The van der Waals surface area contributed by atoms with E-state index in [-0.39, 0.29) is 0 Å². The standard InChI is InChI=1S/C13H23N/c1-2-4-12-10(3-1)5-6-11-9-14-8-7-13(11)12/h10-14H,1-9H2. The van der Waals surface area contributed by atoms with E-state index in [1.165, 1.54) is 38.8 Å². The van der Waals surface area contributed by atoms with Gasteiger partial charge in [0.15, 0.2) is 0 Å². The quantitative estimate of drug-likeness (QED) is 0.624. The zero-order valence-corrected chi connectivity index (χ0v) is 9.17. The minimum absolute atomic E-state index is 1.04. The van der Waals surface area contributed by atoms with E-state index >= 15 is 0 Å². The summed E-state index contributed by atoms with van der Waals surface area (Å²) in [4.78, 5) is 0. The molecule has 3 rings (SSSR count). The van der Waals surface area contributed by atoms with Crippen molar-refractivity contribution in [2.75, 3.05) is 13.1 Å². The molecule has 0 aromatic heterocycles. The second kappa shape index (κ2) is 3.84. The maximum atomic E-state index is 3.58. The molecule has 1 heterocycles. The molecule has 1 heteroatoms. The normalized spacial score (nSPS) is 48.0. The van der Waals surface area contributed by atoms with Gasteiger partial charge in [-0.2, -0.15) is 0 Å². The Balaban J connectivity index is 1.74. The Morgan fingerprint density at radius 1 is 0.714 bits per heavy atom. The summed E-state index contributed by atoms with van der Waals surface area (Å²) in [6.45, 7) is 2.62. The highest BCUT2D eigenvalue weighted by molar-refractivity contribution is 4.92. The third-order valence-corrected chi connectivity index (χ3v) is 5.09. The van der Waals surface area contributed by atoms with Crippen LogP contribution in [0.5, 0.6) is 0 Å². The highest BCUT2D eigenvalue weighted by atomic mass is 14.9. The van der Waals surface area contributed by atoms with Crippen LogP contribution in [0.15, 0.2) is 0 Å². The molecule has 1 saturated heterocycles. The average Bonchev–Trinajstić information content (AvgIpc) is 2.29. The van der Waals surface area contributed by atoms with Crippen LogP contribution in [0.2, 0.25) is 0 Å². The molecule has 4 unspecified atom stereocenters. The number of nitrogens with one attached hydrogen (secondary N) is 1. The zero-order valence-electron chi connectivity index (χ0n) is 9.17. The fraction of sp³-hybridized carbons (Fsp3) is 1.00. The van der Waals surface area contributed by atoms with Crippen LogP contribution in [0.4, 0.5) is 0 Å². The van der Waals surface area contributed by atoms with Gasteiger partial charge in [-0.1, -0.05) is 19.3 Å². The summed E-state index contributed by atoms with van der Waals surface area (Å²) in [6.07, 6.45) is 10.7. The molecule has 80 valence electrons. The van der Waals surface area contributed by atoms with Gasteiger partial charge in [-0.25, -0.2) is 0 Å². The Morgan fingerprint density at radius 2 is 1.50 bits per heavy atom. The van der Waals surface area contributed by atoms with E-state index in [2.05, 4.69) is 5.32 Å². The lowest BCUT2D eigenvalue weighted by molar-refractivity contribution is 0.0352. The Morgan fingerprint density at radius 3 is 2.50 bits per heavy atom. The largest absolute Gasteiger partial charge is 0.316 e. The van der Waals surface area contributed by atoms with E-state index < -0.39 is 0 Å². The first-order valence-electron chi connectivity index (χ1n) is 6.66. The van der Waals surface area contributed by atoms with Gasteiger partial charge in [0.1, 0.15) is 0 Å². The first-order valence-corrected chi connectivity index (χ1v) is 6.66. The zero-order chi connectivity index (χ0) is 9.38. The predicted molar refractivity (Wildman–Crippen MR) is 59.1 cm³/mol. The highest BCUT2D eigenvalue weighted by Crippen LogP contribution is 2.48. The third kappa shape index (κ3) is 1.50. The summed E-state index contributed by atoms with van der Waals surface area (Å²) < 4.78 is 0. The van der Waals surface area contributed by atoms with Gasteiger partial charge in [0, 0.05) is 0 Å². The third-order valence-electron chi connectivity index (χ3n) is 5.09. The van der Waals surface area contributed by atoms with E-state index in [4.69, 9.17) is 0 Å². The van der Waals surface area contributed by atoms with Crippen molar-refractivity contribution in [3.8, 4) is 0 Å². The van der Waals surface area contributed by atoms with Crippen LogP contribution in [0.25, 0.3) is 0 Å². The molecule has 14 heavy (non-hydrogen) atoms. The molecule has 4 atom stereocenters. The van der Waals surface area contributed by atoms with E-state index in [0.717, 1.165) is 23.7 Å². The minimum Gasteiger partial charge on any atom is -0.316 e. The lowest BCUT2D eigenvalue weighted by Crippen LogP contribution is -2.45. The Labute approximate surface area is 87.7 Å². The molecule has 0 bridgehead atoms. The van der Waals surface area contributed by atoms with Crippen molar-refractivity contribution in [1.82, 2.24) is 5.32 Å². The smallest absolute Gasteiger partial charge is 0.00178 e. The lowest BCUT2D eigenvalue weighted by Gasteiger charge is -2.48. The van der Waals surface area contributed by atoms with Gasteiger partial charge in [0.25, 0.3) is 0 Å². The van der Waals surface area contributed by atoms with Crippen LogP contribution in [-0.2, 0) is 0 Å². The van der Waals surface area contributed by atoms with Crippen molar-refractivity contribution < 1.29 is 0 Å². The van der Waals surface area contributed by atoms with Gasteiger partial charge in [0.2, 0.25) is 0 Å². The van der Waals surface area contributed by atoms with Crippen LogP contribution in [0, 0.1) is 23.7 Å². The van der Waals surface area contributed by atoms with E-state index in [1.54, 1.807) is 19.3 Å². The predicted octanol–water partition coefficient (Wildman–Crippen LogP) is 2.81. The SMILES string of the molecule is C1CCC2C(C1)CCC1CNCCC12. The number of hydrogen-bond acceptors (Lipinski definition) is 1. The fourth-order valence-electron chi connectivity index (χ4n) is 4.41. The van der Waals surface area contributed by atoms with Crippen LogP contribution in [0.1, 0.15) is 44.9 Å². The lowest BCUT2D eigenvalue weighted by atomic mass is 9.60. The van der Waals surface area contributed by atoms with Gasteiger partial charge in [-0.05, 0) is 62.4 Å². The topological polar surface area (TPSA) is 12.0 Å². The molecule has 0 amide bonds. The molecule has 3 aliphatic rings. The molecule has 2 saturated carbocycles. The van der Waals surface area contributed by atoms with Crippen molar-refractivity contribution in [3.05, 3.63) is 0 Å². The maximum Gasteiger partial charge on any atom is -0.00178 e. The van der Waals surface area contributed by atoms with Gasteiger partial charge < -0.3 is 5.32 Å². The van der Waals surface area contributed by atoms with Crippen molar-refractivity contribution >= 4 is 0 Å². The molecule has 1 nitrogen and oxygen atoms in total. The Kier molecular flexibility index (Phi) is 2.53. The van der Waals surface area contributed by atoms with Crippen LogP contribution in [0.3, 0.4) is 0 Å². The molecule has 0 spiro atoms. The average molecular weight is 193 g/mol. The van der Waals surface area contributed by atoms with Gasteiger partial charge in [-0.3, -0.25) is 0 Å². The summed E-state index contributed by atoms with van der Waals surface area (Å²) in [7, 11) is 0. The van der Waals surface area contributed by atoms with E-state index in [9.17, 15) is 0 Å². The van der Waals surface area contributed by atoms with Crippen molar-refractivity contribution in [2.45, 2.75) is 44.9 Å². The monoisotopic (exact) mass is 193 g/mol. The van der Waals surface area contributed by atoms with Crippen molar-refractivity contribution in [3.63, 3.8) is 0 Å². The summed E-state index contributed by atoms with van der Waals surface area (Å²) in [5.74, 6) is 4.41. The van der Waals surface area contributed by atoms with Crippen molar-refractivity contribution in [2.24, 2.45) is 23.7 Å². The molecule has 0 aromatic carbocycles. The van der Waals surface area contributed by atoms with Gasteiger partial charge in [-0.15, -0.1) is 0 Å².